The molecule has 1 aromatic heterocycles. The summed E-state index contributed by atoms with van der Waals surface area (Å²) in [4.78, 5) is 2.51. The maximum absolute atomic E-state index is 3.58. The number of nitrogens with zero attached hydrogens (tertiary/aromatic N) is 1. The van der Waals surface area contributed by atoms with Gasteiger partial charge in [0.25, 0.3) is 0 Å². The zero-order chi connectivity index (χ0) is 13.8. The minimum atomic E-state index is 0.882. The Morgan fingerprint density at radius 1 is 1.15 bits per heavy atom. The van der Waals surface area contributed by atoms with Gasteiger partial charge in [-0.15, -0.1) is 11.3 Å². The molecule has 1 N–H and O–H groups in total. The van der Waals surface area contributed by atoms with E-state index in [9.17, 15) is 0 Å². The molecule has 0 amide bonds. The first-order chi connectivity index (χ1) is 9.83. The van der Waals surface area contributed by atoms with Crippen molar-refractivity contribution < 1.29 is 0 Å². The van der Waals surface area contributed by atoms with Crippen molar-refractivity contribution in [1.82, 2.24) is 0 Å². The molecule has 2 aromatic rings. The van der Waals surface area contributed by atoms with Crippen molar-refractivity contribution in [3.05, 3.63) is 45.1 Å². The van der Waals surface area contributed by atoms with E-state index in [4.69, 9.17) is 0 Å². The highest BCUT2D eigenvalue weighted by atomic mass is 79.9. The van der Waals surface area contributed by atoms with E-state index in [1.54, 1.807) is 11.3 Å². The van der Waals surface area contributed by atoms with Crippen LogP contribution in [-0.4, -0.2) is 13.1 Å². The smallest absolute Gasteiger partial charge is 0.0701 e. The number of benzene rings is 1. The zero-order valence-corrected chi connectivity index (χ0v) is 13.8. The van der Waals surface area contributed by atoms with Crippen LogP contribution in [0.2, 0.25) is 0 Å². The van der Waals surface area contributed by atoms with Crippen LogP contribution in [0, 0.1) is 0 Å². The summed E-state index contributed by atoms with van der Waals surface area (Å²) in [6.07, 6.45) is 3.99. The second kappa shape index (κ2) is 6.64. The summed E-state index contributed by atoms with van der Waals surface area (Å²) in [6.45, 7) is 3.25. The maximum atomic E-state index is 3.58. The molecule has 20 heavy (non-hydrogen) atoms. The Morgan fingerprint density at radius 2 is 1.95 bits per heavy atom. The predicted molar refractivity (Wildman–Crippen MR) is 91.9 cm³/mol. The van der Waals surface area contributed by atoms with Crippen molar-refractivity contribution in [2.24, 2.45) is 0 Å². The third-order valence-electron chi connectivity index (χ3n) is 3.71. The lowest BCUT2D eigenvalue weighted by atomic mass is 10.1. The molecule has 0 radical (unpaired) electrons. The van der Waals surface area contributed by atoms with E-state index in [0.717, 1.165) is 6.54 Å². The van der Waals surface area contributed by atoms with Gasteiger partial charge >= 0.3 is 0 Å². The average molecular weight is 351 g/mol. The lowest BCUT2D eigenvalue weighted by molar-refractivity contribution is 0.578. The summed E-state index contributed by atoms with van der Waals surface area (Å²) in [5.74, 6) is 0. The van der Waals surface area contributed by atoms with Gasteiger partial charge in [-0.1, -0.05) is 12.1 Å². The average Bonchev–Trinajstić information content (AvgIpc) is 2.92. The van der Waals surface area contributed by atoms with Gasteiger partial charge in [0.2, 0.25) is 0 Å². The Bertz CT molecular complexity index is 561. The highest BCUT2D eigenvalue weighted by molar-refractivity contribution is 9.11. The second-order valence-electron chi connectivity index (χ2n) is 5.18. The lowest BCUT2D eigenvalue weighted by Crippen LogP contribution is -2.30. The molecule has 0 atom stereocenters. The fourth-order valence-electron chi connectivity index (χ4n) is 2.67. The van der Waals surface area contributed by atoms with Crippen LogP contribution in [0.25, 0.3) is 0 Å². The van der Waals surface area contributed by atoms with Gasteiger partial charge in [0, 0.05) is 19.6 Å². The Balaban J connectivity index is 1.72. The Morgan fingerprint density at radius 3 is 2.70 bits per heavy atom. The molecule has 1 aliphatic rings. The van der Waals surface area contributed by atoms with Crippen molar-refractivity contribution in [3.63, 3.8) is 0 Å². The SMILES string of the molecule is Brc1cc(CNc2ccccc2N2CCCCC2)cs1. The predicted octanol–water partition coefficient (Wildman–Crippen LogP) is 5.11. The van der Waals surface area contributed by atoms with Gasteiger partial charge in [-0.25, -0.2) is 0 Å². The molecule has 1 fully saturated rings. The molecule has 0 unspecified atom stereocenters. The van der Waals surface area contributed by atoms with Crippen molar-refractivity contribution in [1.29, 1.82) is 0 Å². The first-order valence-electron chi connectivity index (χ1n) is 7.14. The number of para-hydroxylation sites is 2. The summed E-state index contributed by atoms with van der Waals surface area (Å²) in [5, 5.41) is 5.78. The second-order valence-corrected chi connectivity index (χ2v) is 7.47. The van der Waals surface area contributed by atoms with Gasteiger partial charge in [-0.05, 0) is 64.3 Å². The van der Waals surface area contributed by atoms with Crippen LogP contribution in [0.1, 0.15) is 24.8 Å². The molecule has 1 aliphatic heterocycles. The van der Waals surface area contributed by atoms with Crippen LogP contribution in [0.5, 0.6) is 0 Å². The number of thiophene rings is 1. The molecule has 0 spiro atoms. The highest BCUT2D eigenvalue weighted by Gasteiger charge is 2.13. The third-order valence-corrected chi connectivity index (χ3v) is 5.26. The maximum Gasteiger partial charge on any atom is 0.0701 e. The zero-order valence-electron chi connectivity index (χ0n) is 11.4. The molecule has 0 bridgehead atoms. The van der Waals surface area contributed by atoms with E-state index in [-0.39, 0.29) is 0 Å². The highest BCUT2D eigenvalue weighted by Crippen LogP contribution is 2.29. The molecule has 2 nitrogen and oxygen atoms in total. The number of rotatable bonds is 4. The van der Waals surface area contributed by atoms with Gasteiger partial charge < -0.3 is 10.2 Å². The van der Waals surface area contributed by atoms with Crippen molar-refractivity contribution >= 4 is 38.6 Å². The standard InChI is InChI=1S/C16H19BrN2S/c17-16-10-13(12-20-16)11-18-14-6-2-3-7-15(14)19-8-4-1-5-9-19/h2-3,6-7,10,12,18H,1,4-5,8-9,11H2. The minimum Gasteiger partial charge on any atom is -0.379 e. The molecule has 106 valence electrons. The van der Waals surface area contributed by atoms with E-state index in [0.29, 0.717) is 0 Å². The van der Waals surface area contributed by atoms with E-state index in [2.05, 4.69) is 61.9 Å². The molecule has 1 aromatic carbocycles. The Labute approximate surface area is 132 Å². The van der Waals surface area contributed by atoms with Gasteiger partial charge in [0.15, 0.2) is 0 Å². The van der Waals surface area contributed by atoms with Crippen LogP contribution in [0.3, 0.4) is 0 Å². The van der Waals surface area contributed by atoms with E-state index in [1.165, 1.54) is 53.1 Å². The fourth-order valence-corrected chi connectivity index (χ4v) is 3.88. The summed E-state index contributed by atoms with van der Waals surface area (Å²) in [6, 6.07) is 10.8. The quantitative estimate of drug-likeness (QED) is 0.823. The molecular weight excluding hydrogens is 332 g/mol. The van der Waals surface area contributed by atoms with Gasteiger partial charge in [0.05, 0.1) is 15.2 Å². The summed E-state index contributed by atoms with van der Waals surface area (Å²) in [5.41, 5.74) is 3.92. The molecule has 2 heterocycles. The molecule has 3 rings (SSSR count). The van der Waals surface area contributed by atoms with Crippen LogP contribution in [0.15, 0.2) is 39.5 Å². The van der Waals surface area contributed by atoms with Crippen molar-refractivity contribution in [2.45, 2.75) is 25.8 Å². The van der Waals surface area contributed by atoms with Crippen molar-refractivity contribution in [2.75, 3.05) is 23.3 Å². The van der Waals surface area contributed by atoms with E-state index < -0.39 is 0 Å². The number of nitrogens with one attached hydrogen (secondary N) is 1. The summed E-state index contributed by atoms with van der Waals surface area (Å²) in [7, 11) is 0. The number of halogens is 1. The lowest BCUT2D eigenvalue weighted by Gasteiger charge is -2.30. The Kier molecular flexibility index (Phi) is 4.63. The summed E-state index contributed by atoms with van der Waals surface area (Å²) < 4.78 is 1.19. The topological polar surface area (TPSA) is 15.3 Å². The van der Waals surface area contributed by atoms with Crippen LogP contribution < -0.4 is 10.2 Å². The van der Waals surface area contributed by atoms with Crippen LogP contribution in [0.4, 0.5) is 11.4 Å². The molecule has 0 aliphatic carbocycles. The van der Waals surface area contributed by atoms with Crippen LogP contribution >= 0.6 is 27.3 Å². The number of anilines is 2. The fraction of sp³-hybridized carbons (Fsp3) is 0.375. The molecule has 1 saturated heterocycles. The molecule has 4 heteroatoms. The summed E-state index contributed by atoms with van der Waals surface area (Å²) >= 11 is 5.26. The number of hydrogen-bond donors (Lipinski definition) is 1. The first-order valence-corrected chi connectivity index (χ1v) is 8.81. The monoisotopic (exact) mass is 350 g/mol. The Hall–Kier alpha value is -1.00. The largest absolute Gasteiger partial charge is 0.379 e. The number of hydrogen-bond acceptors (Lipinski definition) is 3. The number of piperidine rings is 1. The van der Waals surface area contributed by atoms with Gasteiger partial charge in [-0.3, -0.25) is 0 Å². The van der Waals surface area contributed by atoms with Crippen LogP contribution in [-0.2, 0) is 6.54 Å². The minimum absolute atomic E-state index is 0.882. The van der Waals surface area contributed by atoms with E-state index in [1.807, 2.05) is 0 Å². The first kappa shape index (κ1) is 14.0. The van der Waals surface area contributed by atoms with Crippen molar-refractivity contribution in [3.8, 4) is 0 Å². The normalized spacial score (nSPS) is 15.3. The van der Waals surface area contributed by atoms with Gasteiger partial charge in [0.1, 0.15) is 0 Å². The molecular formula is C16H19BrN2S. The third kappa shape index (κ3) is 3.36. The van der Waals surface area contributed by atoms with Gasteiger partial charge in [-0.2, -0.15) is 0 Å². The van der Waals surface area contributed by atoms with E-state index >= 15 is 0 Å². The molecule has 0 saturated carbocycles.